The summed E-state index contributed by atoms with van der Waals surface area (Å²) in [6.07, 6.45) is 2.86. The van der Waals surface area contributed by atoms with Crippen molar-refractivity contribution in [3.63, 3.8) is 0 Å². The fourth-order valence-electron chi connectivity index (χ4n) is 3.76. The van der Waals surface area contributed by atoms with Gasteiger partial charge >= 0.3 is 0 Å². The van der Waals surface area contributed by atoms with Gasteiger partial charge in [0.05, 0.1) is 16.8 Å². The van der Waals surface area contributed by atoms with Crippen LogP contribution in [0.25, 0.3) is 27.6 Å². The predicted molar refractivity (Wildman–Crippen MR) is 143 cm³/mol. The van der Waals surface area contributed by atoms with Gasteiger partial charge in [-0.1, -0.05) is 35.0 Å². The number of aryl methyl sites for hydroxylation is 2. The molecular formula is C26H26ClN7O2. The largest absolute Gasteiger partial charge is 0.404 e. The van der Waals surface area contributed by atoms with Crippen LogP contribution in [0.4, 0.5) is 5.82 Å². The number of amides is 1. The van der Waals surface area contributed by atoms with Crippen LogP contribution in [0.15, 0.2) is 58.2 Å². The van der Waals surface area contributed by atoms with E-state index in [0.717, 1.165) is 33.5 Å². The Morgan fingerprint density at radius 3 is 2.72 bits per heavy atom. The van der Waals surface area contributed by atoms with Crippen molar-refractivity contribution in [2.45, 2.75) is 20.4 Å². The Bertz CT molecular complexity index is 1460. The summed E-state index contributed by atoms with van der Waals surface area (Å²) >= 11 is 6.16. The summed E-state index contributed by atoms with van der Waals surface area (Å²) in [4.78, 5) is 25.2. The molecule has 0 radical (unpaired) electrons. The third-order valence-electron chi connectivity index (χ3n) is 5.55. The molecule has 0 spiro atoms. The Hall–Kier alpha value is -4.24. The molecule has 2 aromatic heterocycles. The van der Waals surface area contributed by atoms with Gasteiger partial charge in [0.25, 0.3) is 0 Å². The van der Waals surface area contributed by atoms with Crippen LogP contribution in [0.2, 0.25) is 5.02 Å². The Labute approximate surface area is 213 Å². The summed E-state index contributed by atoms with van der Waals surface area (Å²) in [5.41, 5.74) is 10.8. The van der Waals surface area contributed by atoms with E-state index in [4.69, 9.17) is 31.8 Å². The van der Waals surface area contributed by atoms with Gasteiger partial charge in [-0.3, -0.25) is 9.79 Å². The molecule has 0 atom stereocenters. The minimum atomic E-state index is -0.210. The molecule has 4 N–H and O–H groups in total. The number of nitrogens with one attached hydrogen (secondary N) is 2. The maximum atomic E-state index is 11.5. The molecule has 0 aliphatic heterocycles. The molecular weight excluding hydrogens is 478 g/mol. The van der Waals surface area contributed by atoms with Crippen molar-refractivity contribution in [3.05, 3.63) is 76.5 Å². The Morgan fingerprint density at radius 1 is 1.19 bits per heavy atom. The van der Waals surface area contributed by atoms with E-state index in [1.807, 2.05) is 56.3 Å². The van der Waals surface area contributed by atoms with Gasteiger partial charge < -0.3 is 20.9 Å². The van der Waals surface area contributed by atoms with Crippen molar-refractivity contribution in [3.8, 4) is 11.1 Å². The van der Waals surface area contributed by atoms with Crippen LogP contribution < -0.4 is 16.4 Å². The van der Waals surface area contributed by atoms with Gasteiger partial charge in [0, 0.05) is 42.0 Å². The second-order valence-corrected chi connectivity index (χ2v) is 8.51. The Kier molecular flexibility index (Phi) is 7.60. The fraction of sp³-hybridized carbons (Fsp3) is 0.192. The molecule has 4 aromatic rings. The van der Waals surface area contributed by atoms with E-state index in [1.165, 1.54) is 12.4 Å². The molecule has 0 fully saturated rings. The van der Waals surface area contributed by atoms with Crippen LogP contribution >= 0.6 is 11.6 Å². The highest BCUT2D eigenvalue weighted by Crippen LogP contribution is 2.32. The summed E-state index contributed by atoms with van der Waals surface area (Å²) in [5.74, 6) is 1.52. The van der Waals surface area contributed by atoms with Crippen molar-refractivity contribution in [1.29, 1.82) is 0 Å². The van der Waals surface area contributed by atoms with Gasteiger partial charge in [0.15, 0.2) is 5.82 Å². The molecule has 2 heterocycles. The number of aromatic nitrogens is 3. The molecule has 0 aliphatic rings. The number of nitrogens with two attached hydrogens (primary N) is 1. The topological polar surface area (TPSA) is 131 Å². The highest BCUT2D eigenvalue weighted by atomic mass is 35.5. The van der Waals surface area contributed by atoms with Gasteiger partial charge in [-0.25, -0.2) is 9.97 Å². The minimum Gasteiger partial charge on any atom is -0.404 e. The number of hydrogen-bond donors (Lipinski definition) is 3. The first kappa shape index (κ1) is 24.9. The number of fused-ring (bicyclic) bond motifs is 1. The van der Waals surface area contributed by atoms with E-state index >= 15 is 0 Å². The number of allylic oxidation sites excluding steroid dienone is 1. The molecule has 9 nitrogen and oxygen atoms in total. The lowest BCUT2D eigenvalue weighted by Crippen LogP contribution is -2.20. The highest BCUT2D eigenvalue weighted by molar-refractivity contribution is 6.30. The minimum absolute atomic E-state index is 0.0257. The molecule has 0 unspecified atom stereocenters. The predicted octanol–water partition coefficient (Wildman–Crippen LogP) is 4.28. The molecule has 2 aromatic carbocycles. The van der Waals surface area contributed by atoms with Crippen molar-refractivity contribution in [2.75, 3.05) is 18.9 Å². The zero-order valence-electron chi connectivity index (χ0n) is 20.2. The molecule has 1 amide bonds. The first-order valence-corrected chi connectivity index (χ1v) is 11.6. The van der Waals surface area contributed by atoms with E-state index in [9.17, 15) is 4.79 Å². The number of likely N-dealkylation sites (N-methyl/N-ethyl adjacent to an activating group) is 1. The zero-order valence-corrected chi connectivity index (χ0v) is 20.9. The fourth-order valence-corrected chi connectivity index (χ4v) is 3.97. The molecule has 4 rings (SSSR count). The molecule has 10 heteroatoms. The number of carbonyl (C=O) groups excluding carboxylic acids is 1. The molecule has 0 saturated heterocycles. The smallest absolute Gasteiger partial charge is 0.241 e. The maximum absolute atomic E-state index is 11.5. The summed E-state index contributed by atoms with van der Waals surface area (Å²) in [5, 5.41) is 11.5. The van der Waals surface area contributed by atoms with Gasteiger partial charge in [0.1, 0.15) is 18.1 Å². The van der Waals surface area contributed by atoms with E-state index < -0.39 is 0 Å². The monoisotopic (exact) mass is 503 g/mol. The number of aliphatic imine (C=N–C) groups is 1. The first-order chi connectivity index (χ1) is 17.4. The number of nitrogens with zero attached hydrogens (tertiary/aromatic N) is 4. The first-order valence-electron chi connectivity index (χ1n) is 11.3. The quantitative estimate of drug-likeness (QED) is 0.306. The standard InChI is InChI=1S/C26H26ClN7O2/c1-15-24(16(2)36-34-15)18-7-8-22-21(10-18)26(31-12-17-5-4-6-20(27)9-17)33-25(32-22)19(11-28)13-30-14-23(35)29-3/h4-11,13H,12,14,28H2,1-3H3,(H,29,35)(H,31,32,33). The number of rotatable bonds is 8. The number of hydrogen-bond acceptors (Lipinski definition) is 8. The Morgan fingerprint density at radius 2 is 2.03 bits per heavy atom. The Balaban J connectivity index is 1.78. The zero-order chi connectivity index (χ0) is 25.7. The molecule has 0 bridgehead atoms. The van der Waals surface area contributed by atoms with Crippen molar-refractivity contribution < 1.29 is 9.32 Å². The molecule has 36 heavy (non-hydrogen) atoms. The van der Waals surface area contributed by atoms with Crippen LogP contribution in [-0.4, -0.2) is 40.8 Å². The van der Waals surface area contributed by atoms with Crippen molar-refractivity contribution in [2.24, 2.45) is 10.7 Å². The van der Waals surface area contributed by atoms with Crippen LogP contribution in [0, 0.1) is 13.8 Å². The van der Waals surface area contributed by atoms with Gasteiger partial charge in [0.2, 0.25) is 5.91 Å². The third-order valence-corrected chi connectivity index (χ3v) is 5.78. The summed E-state index contributed by atoms with van der Waals surface area (Å²) in [6.45, 7) is 4.26. The van der Waals surface area contributed by atoms with Crippen LogP contribution in [0.5, 0.6) is 0 Å². The molecule has 184 valence electrons. The summed E-state index contributed by atoms with van der Waals surface area (Å²) in [6, 6.07) is 13.5. The lowest BCUT2D eigenvalue weighted by Gasteiger charge is -2.13. The average molecular weight is 504 g/mol. The highest BCUT2D eigenvalue weighted by Gasteiger charge is 2.16. The van der Waals surface area contributed by atoms with Crippen LogP contribution in [0.1, 0.15) is 22.8 Å². The summed E-state index contributed by atoms with van der Waals surface area (Å²) < 4.78 is 5.36. The normalized spacial score (nSPS) is 11.8. The van der Waals surface area contributed by atoms with Gasteiger partial charge in [-0.2, -0.15) is 0 Å². The SMILES string of the molecule is CNC(=O)CN=CC(=CN)c1nc(NCc2cccc(Cl)c2)c2cc(-c3c(C)noc3C)ccc2n1. The second kappa shape index (κ2) is 11.0. The lowest BCUT2D eigenvalue weighted by atomic mass is 10.0. The van der Waals surface area contributed by atoms with Crippen molar-refractivity contribution in [1.82, 2.24) is 20.4 Å². The van der Waals surface area contributed by atoms with Gasteiger partial charge in [-0.05, 0) is 49.2 Å². The van der Waals surface area contributed by atoms with Gasteiger partial charge in [-0.15, -0.1) is 0 Å². The number of carbonyl (C=O) groups is 1. The van der Waals surface area contributed by atoms with Crippen LogP contribution in [0.3, 0.4) is 0 Å². The average Bonchev–Trinajstić information content (AvgIpc) is 3.22. The van der Waals surface area contributed by atoms with E-state index in [2.05, 4.69) is 20.8 Å². The molecule has 0 aliphatic carbocycles. The summed E-state index contributed by atoms with van der Waals surface area (Å²) in [7, 11) is 1.55. The third kappa shape index (κ3) is 5.52. The van der Waals surface area contributed by atoms with E-state index in [-0.39, 0.29) is 12.5 Å². The number of anilines is 1. The number of benzene rings is 2. The lowest BCUT2D eigenvalue weighted by molar-refractivity contribution is -0.119. The number of halogens is 1. The maximum Gasteiger partial charge on any atom is 0.241 e. The van der Waals surface area contributed by atoms with Crippen LogP contribution in [-0.2, 0) is 11.3 Å². The second-order valence-electron chi connectivity index (χ2n) is 8.08. The van der Waals surface area contributed by atoms with Crippen molar-refractivity contribution >= 4 is 46.0 Å². The van der Waals surface area contributed by atoms with E-state index in [0.29, 0.717) is 34.3 Å². The van der Waals surface area contributed by atoms with E-state index in [1.54, 1.807) is 7.05 Å². The molecule has 0 saturated carbocycles.